The van der Waals surface area contributed by atoms with E-state index >= 15 is 0 Å². The van der Waals surface area contributed by atoms with Gasteiger partial charge in [0.2, 0.25) is 0 Å². The summed E-state index contributed by atoms with van der Waals surface area (Å²) in [4.78, 5) is 6.99. The second kappa shape index (κ2) is 7.73. The lowest BCUT2D eigenvalue weighted by Crippen LogP contribution is -2.35. The zero-order chi connectivity index (χ0) is 16.1. The number of hydrogen-bond donors (Lipinski definition) is 0. The summed E-state index contributed by atoms with van der Waals surface area (Å²) in [6.07, 6.45) is 8.34. The van der Waals surface area contributed by atoms with Crippen molar-refractivity contribution in [3.63, 3.8) is 0 Å². The van der Waals surface area contributed by atoms with E-state index in [9.17, 15) is 4.39 Å². The Morgan fingerprint density at radius 1 is 1.30 bits per heavy atom. The third-order valence-corrected chi connectivity index (χ3v) is 4.89. The maximum atomic E-state index is 13.7. The fraction of sp³-hybridized carbons (Fsp3) is 0.526. The van der Waals surface area contributed by atoms with Gasteiger partial charge in [-0.2, -0.15) is 0 Å². The zero-order valence-corrected chi connectivity index (χ0v) is 13.9. The number of aryl methyl sites for hydroxylation is 2. The molecule has 2 aromatic rings. The molecule has 4 heteroatoms. The van der Waals surface area contributed by atoms with Crippen LogP contribution in [0.3, 0.4) is 0 Å². The number of nitrogens with zero attached hydrogens (tertiary/aromatic N) is 3. The Balaban J connectivity index is 1.53. The average Bonchev–Trinajstić information content (AvgIpc) is 3.02. The van der Waals surface area contributed by atoms with E-state index in [2.05, 4.69) is 27.6 Å². The van der Waals surface area contributed by atoms with Gasteiger partial charge in [0.05, 0.1) is 6.54 Å². The lowest BCUT2D eigenvalue weighted by atomic mass is 9.91. The lowest BCUT2D eigenvalue weighted by Gasteiger charge is -2.32. The minimum atomic E-state index is -0.0647. The maximum absolute atomic E-state index is 13.7. The monoisotopic (exact) mass is 315 g/mol. The summed E-state index contributed by atoms with van der Waals surface area (Å²) in [5.74, 6) is 1.75. The molecule has 3 rings (SSSR count). The molecule has 2 heterocycles. The number of rotatable bonds is 6. The van der Waals surface area contributed by atoms with Gasteiger partial charge >= 0.3 is 0 Å². The second-order valence-corrected chi connectivity index (χ2v) is 6.50. The molecular formula is C19H26FN3. The van der Waals surface area contributed by atoms with Gasteiger partial charge in [-0.3, -0.25) is 4.90 Å². The highest BCUT2D eigenvalue weighted by Gasteiger charge is 2.21. The molecule has 1 fully saturated rings. The van der Waals surface area contributed by atoms with Crippen molar-refractivity contribution in [3.05, 3.63) is 53.9 Å². The minimum absolute atomic E-state index is 0.0647. The molecular weight excluding hydrogens is 289 g/mol. The van der Waals surface area contributed by atoms with Gasteiger partial charge in [-0.05, 0) is 56.7 Å². The third-order valence-electron chi connectivity index (χ3n) is 4.89. The molecule has 1 aliphatic rings. The molecule has 0 spiro atoms. The Kier molecular flexibility index (Phi) is 5.44. The first-order valence-electron chi connectivity index (χ1n) is 8.72. The summed E-state index contributed by atoms with van der Waals surface area (Å²) in [5.41, 5.74) is 0.853. The van der Waals surface area contributed by atoms with Crippen molar-refractivity contribution in [1.82, 2.24) is 14.5 Å². The van der Waals surface area contributed by atoms with Crippen LogP contribution < -0.4 is 0 Å². The molecule has 124 valence electrons. The van der Waals surface area contributed by atoms with Crippen LogP contribution in [0.4, 0.5) is 4.39 Å². The highest BCUT2D eigenvalue weighted by molar-refractivity contribution is 5.17. The first-order chi connectivity index (χ1) is 11.3. The lowest BCUT2D eigenvalue weighted by molar-refractivity contribution is 0.157. The van der Waals surface area contributed by atoms with Crippen molar-refractivity contribution in [3.8, 4) is 0 Å². The number of benzene rings is 1. The summed E-state index contributed by atoms with van der Waals surface area (Å²) >= 11 is 0. The summed E-state index contributed by atoms with van der Waals surface area (Å²) < 4.78 is 15.9. The van der Waals surface area contributed by atoms with Gasteiger partial charge in [0.25, 0.3) is 0 Å². The van der Waals surface area contributed by atoms with E-state index in [1.54, 1.807) is 12.1 Å². The van der Waals surface area contributed by atoms with E-state index < -0.39 is 0 Å². The highest BCUT2D eigenvalue weighted by atomic mass is 19.1. The molecule has 3 nitrogen and oxygen atoms in total. The van der Waals surface area contributed by atoms with Gasteiger partial charge in [0.1, 0.15) is 11.6 Å². The van der Waals surface area contributed by atoms with E-state index in [1.165, 1.54) is 12.8 Å². The Hall–Kier alpha value is -1.68. The molecule has 0 amide bonds. The number of likely N-dealkylation sites (tertiary alicyclic amines) is 1. The molecule has 1 saturated heterocycles. The summed E-state index contributed by atoms with van der Waals surface area (Å²) in [5, 5.41) is 0. The number of aromatic nitrogens is 2. The van der Waals surface area contributed by atoms with Crippen LogP contribution in [0.1, 0.15) is 37.6 Å². The normalized spacial score (nSPS) is 19.1. The summed E-state index contributed by atoms with van der Waals surface area (Å²) in [7, 11) is 0. The molecule has 0 aliphatic carbocycles. The third kappa shape index (κ3) is 4.20. The molecule has 1 aromatic heterocycles. The van der Waals surface area contributed by atoms with Gasteiger partial charge in [0, 0.05) is 25.5 Å². The maximum Gasteiger partial charge on any atom is 0.126 e. The van der Waals surface area contributed by atoms with Crippen molar-refractivity contribution in [2.45, 2.75) is 45.7 Å². The molecule has 0 bridgehead atoms. The number of piperidine rings is 1. The minimum Gasteiger partial charge on any atom is -0.334 e. The van der Waals surface area contributed by atoms with Crippen LogP contribution in [0.5, 0.6) is 0 Å². The first-order valence-corrected chi connectivity index (χ1v) is 8.72. The van der Waals surface area contributed by atoms with E-state index in [0.29, 0.717) is 5.92 Å². The van der Waals surface area contributed by atoms with Crippen LogP contribution in [-0.4, -0.2) is 27.5 Å². The Morgan fingerprint density at radius 3 is 3.00 bits per heavy atom. The standard InChI is InChI=1S/C19H26FN3/c1-2-23-13-11-21-19(23)15-22-12-5-6-16(14-22)9-10-17-7-3-4-8-18(17)20/h3-4,7-8,11,13,16H,2,5-6,9-10,12,14-15H2,1H3/t16-/m1/s1. The molecule has 0 saturated carbocycles. The number of halogens is 1. The van der Waals surface area contributed by atoms with Gasteiger partial charge in [0.15, 0.2) is 0 Å². The second-order valence-electron chi connectivity index (χ2n) is 6.50. The number of imidazole rings is 1. The predicted octanol–water partition coefficient (Wildman–Crippen LogP) is 3.89. The van der Waals surface area contributed by atoms with Crippen molar-refractivity contribution in [1.29, 1.82) is 0 Å². The predicted molar refractivity (Wildman–Crippen MR) is 90.6 cm³/mol. The first kappa shape index (κ1) is 16.2. The van der Waals surface area contributed by atoms with Crippen LogP contribution in [0, 0.1) is 11.7 Å². The Labute approximate surface area is 138 Å². The Bertz CT molecular complexity index is 623. The van der Waals surface area contributed by atoms with E-state index in [-0.39, 0.29) is 5.82 Å². The topological polar surface area (TPSA) is 21.1 Å². The van der Waals surface area contributed by atoms with E-state index in [4.69, 9.17) is 0 Å². The van der Waals surface area contributed by atoms with Crippen molar-refractivity contribution in [2.75, 3.05) is 13.1 Å². The van der Waals surface area contributed by atoms with Gasteiger partial charge < -0.3 is 4.57 Å². The smallest absolute Gasteiger partial charge is 0.126 e. The molecule has 1 atom stereocenters. The van der Waals surface area contributed by atoms with Crippen molar-refractivity contribution in [2.24, 2.45) is 5.92 Å². The van der Waals surface area contributed by atoms with E-state index in [1.807, 2.05) is 18.3 Å². The van der Waals surface area contributed by atoms with Crippen molar-refractivity contribution >= 4 is 0 Å². The van der Waals surface area contributed by atoms with Gasteiger partial charge in [-0.15, -0.1) is 0 Å². The number of hydrogen-bond acceptors (Lipinski definition) is 2. The molecule has 1 aliphatic heterocycles. The molecule has 0 unspecified atom stereocenters. The summed E-state index contributed by atoms with van der Waals surface area (Å²) in [6.45, 7) is 6.30. The van der Waals surface area contributed by atoms with Crippen LogP contribution >= 0.6 is 0 Å². The summed E-state index contributed by atoms with van der Waals surface area (Å²) in [6, 6.07) is 7.16. The Morgan fingerprint density at radius 2 is 2.17 bits per heavy atom. The van der Waals surface area contributed by atoms with Crippen LogP contribution in [0.2, 0.25) is 0 Å². The van der Waals surface area contributed by atoms with E-state index in [0.717, 1.165) is 50.4 Å². The zero-order valence-electron chi connectivity index (χ0n) is 13.9. The van der Waals surface area contributed by atoms with Crippen LogP contribution in [0.15, 0.2) is 36.7 Å². The fourth-order valence-corrected chi connectivity index (χ4v) is 3.57. The largest absolute Gasteiger partial charge is 0.334 e. The van der Waals surface area contributed by atoms with Gasteiger partial charge in [-0.25, -0.2) is 9.37 Å². The average molecular weight is 315 g/mol. The van der Waals surface area contributed by atoms with Gasteiger partial charge in [-0.1, -0.05) is 18.2 Å². The highest BCUT2D eigenvalue weighted by Crippen LogP contribution is 2.23. The molecule has 23 heavy (non-hydrogen) atoms. The van der Waals surface area contributed by atoms with Crippen LogP contribution in [-0.2, 0) is 19.5 Å². The molecule has 0 N–H and O–H groups in total. The SMILES string of the molecule is CCn1ccnc1CN1CCC[C@H](CCc2ccccc2F)C1. The molecule has 1 aromatic carbocycles. The fourth-order valence-electron chi connectivity index (χ4n) is 3.57. The van der Waals surface area contributed by atoms with Crippen molar-refractivity contribution < 1.29 is 4.39 Å². The quantitative estimate of drug-likeness (QED) is 0.806. The van der Waals surface area contributed by atoms with Crippen LogP contribution in [0.25, 0.3) is 0 Å². The molecule has 0 radical (unpaired) electrons.